The van der Waals surface area contributed by atoms with Gasteiger partial charge < -0.3 is 9.47 Å². The van der Waals surface area contributed by atoms with Crippen LogP contribution in [0.25, 0.3) is 0 Å². The third-order valence-electron chi connectivity index (χ3n) is 3.50. The van der Waals surface area contributed by atoms with Crippen LogP contribution < -0.4 is 9.47 Å². The van der Waals surface area contributed by atoms with Crippen LogP contribution in [-0.2, 0) is 0 Å². The highest BCUT2D eigenvalue weighted by Crippen LogP contribution is 2.42. The monoisotopic (exact) mass is 334 g/mol. The van der Waals surface area contributed by atoms with Crippen LogP contribution in [0.15, 0.2) is 48.5 Å². The van der Waals surface area contributed by atoms with Gasteiger partial charge in [-0.3, -0.25) is 0 Å². The van der Waals surface area contributed by atoms with Crippen LogP contribution in [0.1, 0.15) is 28.8 Å². The first kappa shape index (κ1) is 14.9. The molecule has 0 saturated heterocycles. The molecule has 2 unspecified atom stereocenters. The van der Waals surface area contributed by atoms with Gasteiger partial charge in [0, 0.05) is 10.4 Å². The number of benzene rings is 2. The molecule has 0 aliphatic heterocycles. The van der Waals surface area contributed by atoms with E-state index < -0.39 is 0 Å². The van der Waals surface area contributed by atoms with Crippen molar-refractivity contribution < 1.29 is 9.47 Å². The molecule has 0 radical (unpaired) electrons. The molecule has 0 amide bonds. The van der Waals surface area contributed by atoms with Crippen molar-refractivity contribution in [3.63, 3.8) is 0 Å². The quantitative estimate of drug-likeness (QED) is 0.720. The van der Waals surface area contributed by atoms with E-state index in [1.165, 1.54) is 5.56 Å². The Morgan fingerprint density at radius 1 is 0.950 bits per heavy atom. The van der Waals surface area contributed by atoms with E-state index in [0.717, 1.165) is 17.1 Å². The average molecular weight is 335 g/mol. The van der Waals surface area contributed by atoms with E-state index >= 15 is 0 Å². The number of hydrogen-bond donors (Lipinski definition) is 0. The summed E-state index contributed by atoms with van der Waals surface area (Å²) in [4.78, 5) is 0.162. The summed E-state index contributed by atoms with van der Waals surface area (Å²) in [5, 5.41) is 0. The first-order chi connectivity index (χ1) is 9.67. The molecule has 2 aromatic rings. The Hall–Kier alpha value is -1.48. The fourth-order valence-corrected chi connectivity index (χ4v) is 2.91. The predicted octanol–water partition coefficient (Wildman–Crippen LogP) is 4.94. The van der Waals surface area contributed by atoms with Crippen molar-refractivity contribution in [1.82, 2.24) is 0 Å². The van der Waals surface area contributed by atoms with E-state index in [2.05, 4.69) is 47.1 Å². The summed E-state index contributed by atoms with van der Waals surface area (Å²) >= 11 is 3.81. The second-order valence-corrected chi connectivity index (χ2v) is 5.70. The largest absolute Gasteiger partial charge is 0.497 e. The highest BCUT2D eigenvalue weighted by atomic mass is 79.9. The summed E-state index contributed by atoms with van der Waals surface area (Å²) in [6, 6.07) is 16.3. The number of rotatable bonds is 5. The second kappa shape index (κ2) is 6.80. The molecular weight excluding hydrogens is 316 g/mol. The minimum Gasteiger partial charge on any atom is -0.497 e. The lowest BCUT2D eigenvalue weighted by Crippen LogP contribution is -2.04. The van der Waals surface area contributed by atoms with Crippen LogP contribution in [0.2, 0.25) is 0 Å². The van der Waals surface area contributed by atoms with Gasteiger partial charge in [0.25, 0.3) is 0 Å². The molecule has 2 atom stereocenters. The van der Waals surface area contributed by atoms with Gasteiger partial charge in [0.15, 0.2) is 0 Å². The molecule has 3 heteroatoms. The summed E-state index contributed by atoms with van der Waals surface area (Å²) in [7, 11) is 3.37. The molecule has 2 rings (SSSR count). The molecule has 0 spiro atoms. The minimum absolute atomic E-state index is 0.162. The molecule has 0 bridgehead atoms. The van der Waals surface area contributed by atoms with Crippen molar-refractivity contribution in [1.29, 1.82) is 0 Å². The van der Waals surface area contributed by atoms with E-state index in [1.807, 2.05) is 24.3 Å². The molecule has 0 fully saturated rings. The van der Waals surface area contributed by atoms with Gasteiger partial charge >= 0.3 is 0 Å². The maximum Gasteiger partial charge on any atom is 0.123 e. The van der Waals surface area contributed by atoms with Gasteiger partial charge in [-0.2, -0.15) is 0 Å². The molecule has 0 aliphatic rings. The standard InChI is InChI=1S/C17H19BrO2/c1-12(13-7-5-4-6-8-13)17(18)15-11-14(19-2)9-10-16(15)20-3/h4-12,17H,1-3H3. The molecule has 2 aromatic carbocycles. The fraction of sp³-hybridized carbons (Fsp3) is 0.294. The number of hydrogen-bond acceptors (Lipinski definition) is 2. The van der Waals surface area contributed by atoms with Crippen molar-refractivity contribution in [2.24, 2.45) is 0 Å². The Bertz CT molecular complexity index is 554. The molecule has 0 N–H and O–H groups in total. The zero-order valence-electron chi connectivity index (χ0n) is 12.0. The van der Waals surface area contributed by atoms with Gasteiger partial charge in [0.1, 0.15) is 11.5 Å². The summed E-state index contributed by atoms with van der Waals surface area (Å²) in [6.45, 7) is 2.20. The highest BCUT2D eigenvalue weighted by Gasteiger charge is 2.21. The molecule has 20 heavy (non-hydrogen) atoms. The SMILES string of the molecule is COc1ccc(OC)c(C(Br)C(C)c2ccccc2)c1. The number of alkyl halides is 1. The van der Waals surface area contributed by atoms with E-state index in [1.54, 1.807) is 14.2 Å². The molecule has 0 heterocycles. The number of ether oxygens (including phenoxy) is 2. The second-order valence-electron chi connectivity index (χ2n) is 4.71. The van der Waals surface area contributed by atoms with Gasteiger partial charge in [-0.15, -0.1) is 0 Å². The Labute approximate surface area is 128 Å². The average Bonchev–Trinajstić information content (AvgIpc) is 2.53. The van der Waals surface area contributed by atoms with Gasteiger partial charge in [0.2, 0.25) is 0 Å². The van der Waals surface area contributed by atoms with Crippen molar-refractivity contribution >= 4 is 15.9 Å². The molecule has 106 valence electrons. The van der Waals surface area contributed by atoms with E-state index in [-0.39, 0.29) is 4.83 Å². The van der Waals surface area contributed by atoms with Crippen molar-refractivity contribution in [3.05, 3.63) is 59.7 Å². The molecule has 2 nitrogen and oxygen atoms in total. The lowest BCUT2D eigenvalue weighted by atomic mass is 9.93. The van der Waals surface area contributed by atoms with E-state index in [9.17, 15) is 0 Å². The maximum atomic E-state index is 5.47. The molecular formula is C17H19BrO2. The van der Waals surface area contributed by atoms with Gasteiger partial charge in [-0.05, 0) is 29.7 Å². The number of halogens is 1. The Balaban J connectivity index is 2.34. The van der Waals surface area contributed by atoms with Gasteiger partial charge in [-0.25, -0.2) is 0 Å². The summed E-state index contributed by atoms with van der Waals surface area (Å²) in [5.41, 5.74) is 2.39. The van der Waals surface area contributed by atoms with Gasteiger partial charge in [0.05, 0.1) is 14.2 Å². The topological polar surface area (TPSA) is 18.5 Å². The van der Waals surface area contributed by atoms with Crippen LogP contribution >= 0.6 is 15.9 Å². The Kier molecular flexibility index (Phi) is 5.07. The maximum absolute atomic E-state index is 5.47. The minimum atomic E-state index is 0.162. The summed E-state index contributed by atoms with van der Waals surface area (Å²) in [5.74, 6) is 2.04. The third-order valence-corrected chi connectivity index (χ3v) is 4.78. The number of methoxy groups -OCH3 is 2. The summed E-state index contributed by atoms with van der Waals surface area (Å²) in [6.07, 6.45) is 0. The first-order valence-corrected chi connectivity index (χ1v) is 7.50. The lowest BCUT2D eigenvalue weighted by Gasteiger charge is -2.21. The normalized spacial score (nSPS) is 13.6. The first-order valence-electron chi connectivity index (χ1n) is 6.58. The van der Waals surface area contributed by atoms with Crippen LogP contribution in [0.3, 0.4) is 0 Å². The molecule has 0 saturated carbocycles. The Morgan fingerprint density at radius 2 is 1.65 bits per heavy atom. The van der Waals surface area contributed by atoms with Crippen LogP contribution in [0.4, 0.5) is 0 Å². The van der Waals surface area contributed by atoms with Crippen LogP contribution in [-0.4, -0.2) is 14.2 Å². The van der Waals surface area contributed by atoms with Crippen molar-refractivity contribution in [2.75, 3.05) is 14.2 Å². The van der Waals surface area contributed by atoms with Crippen LogP contribution in [0.5, 0.6) is 11.5 Å². The smallest absolute Gasteiger partial charge is 0.123 e. The van der Waals surface area contributed by atoms with Crippen LogP contribution in [0, 0.1) is 0 Å². The zero-order valence-corrected chi connectivity index (χ0v) is 13.6. The lowest BCUT2D eigenvalue weighted by molar-refractivity contribution is 0.397. The predicted molar refractivity (Wildman–Crippen MR) is 86.1 cm³/mol. The molecule has 0 aliphatic carbocycles. The van der Waals surface area contributed by atoms with E-state index in [4.69, 9.17) is 9.47 Å². The van der Waals surface area contributed by atoms with Crippen molar-refractivity contribution in [2.45, 2.75) is 17.7 Å². The van der Waals surface area contributed by atoms with Crippen molar-refractivity contribution in [3.8, 4) is 11.5 Å². The molecule has 0 aromatic heterocycles. The van der Waals surface area contributed by atoms with E-state index in [0.29, 0.717) is 5.92 Å². The third kappa shape index (κ3) is 3.15. The Morgan fingerprint density at radius 3 is 2.25 bits per heavy atom. The zero-order chi connectivity index (χ0) is 14.5. The summed E-state index contributed by atoms with van der Waals surface area (Å²) < 4.78 is 10.8. The highest BCUT2D eigenvalue weighted by molar-refractivity contribution is 9.09. The fourth-order valence-electron chi connectivity index (χ4n) is 2.25. The van der Waals surface area contributed by atoms with Gasteiger partial charge in [-0.1, -0.05) is 53.2 Å².